The summed E-state index contributed by atoms with van der Waals surface area (Å²) in [5.74, 6) is -0.112. The maximum absolute atomic E-state index is 12.0. The monoisotopic (exact) mass is 396 g/mol. The lowest BCUT2D eigenvalue weighted by atomic mass is 10.1. The second-order valence-electron chi connectivity index (χ2n) is 5.93. The highest BCUT2D eigenvalue weighted by Crippen LogP contribution is 2.15. The van der Waals surface area contributed by atoms with Crippen molar-refractivity contribution >= 4 is 34.6 Å². The van der Waals surface area contributed by atoms with Crippen LogP contribution in [-0.2, 0) is 4.79 Å². The Kier molecular flexibility index (Phi) is 6.32. The molecular weight excluding hydrogens is 380 g/mol. The van der Waals surface area contributed by atoms with Crippen molar-refractivity contribution in [2.24, 2.45) is 0 Å². The number of aromatic nitrogens is 1. The minimum absolute atomic E-state index is 0.0227. The minimum atomic E-state index is -0.112. The van der Waals surface area contributed by atoms with Gasteiger partial charge in [0, 0.05) is 24.4 Å². The molecule has 0 N–H and O–H groups in total. The van der Waals surface area contributed by atoms with Gasteiger partial charge in [-0.1, -0.05) is 48.5 Å². The molecule has 0 radical (unpaired) electrons. The first-order valence-corrected chi connectivity index (χ1v) is 9.56. The van der Waals surface area contributed by atoms with Crippen molar-refractivity contribution < 1.29 is 4.79 Å². The van der Waals surface area contributed by atoms with Crippen LogP contribution in [0.1, 0.15) is 6.92 Å². The van der Waals surface area contributed by atoms with E-state index in [2.05, 4.69) is 4.98 Å². The van der Waals surface area contributed by atoms with Gasteiger partial charge < -0.3 is 0 Å². The second-order valence-corrected chi connectivity index (χ2v) is 6.96. The van der Waals surface area contributed by atoms with Crippen LogP contribution in [0.5, 0.6) is 0 Å². The third-order valence-electron chi connectivity index (χ3n) is 3.99. The van der Waals surface area contributed by atoms with Crippen LogP contribution in [0.15, 0.2) is 72.9 Å². The van der Waals surface area contributed by atoms with Crippen LogP contribution >= 0.6 is 11.3 Å². The van der Waals surface area contributed by atoms with Gasteiger partial charge in [0.25, 0.3) is 0 Å². The average Bonchev–Trinajstić information content (AvgIpc) is 3.17. The van der Waals surface area contributed by atoms with E-state index in [0.717, 1.165) is 15.8 Å². The third-order valence-corrected chi connectivity index (χ3v) is 5.03. The van der Waals surface area contributed by atoms with Gasteiger partial charge in [-0.2, -0.15) is 10.5 Å². The number of carbonyl (C=O) groups excluding carboxylic acids is 1. The normalized spacial score (nSPS) is 11.1. The number of rotatable bonds is 4. The van der Waals surface area contributed by atoms with E-state index < -0.39 is 0 Å². The lowest BCUT2D eigenvalue weighted by Gasteiger charge is -2.15. The van der Waals surface area contributed by atoms with Crippen molar-refractivity contribution in [2.75, 3.05) is 4.90 Å². The van der Waals surface area contributed by atoms with Crippen LogP contribution in [0.3, 0.4) is 0 Å². The molecule has 0 fully saturated rings. The SMILES string of the molecule is CC(=O)N(/C=C/C=c1/sc(=C(C#N)C#N)nc1-c1ccccc1)c1ccccc1. The van der Waals surface area contributed by atoms with Crippen molar-refractivity contribution in [2.45, 2.75) is 6.92 Å². The molecule has 1 amide bonds. The summed E-state index contributed by atoms with van der Waals surface area (Å²) in [6.07, 6.45) is 5.27. The number of anilines is 1. The highest BCUT2D eigenvalue weighted by atomic mass is 32.1. The first-order chi connectivity index (χ1) is 14.1. The molecule has 0 spiro atoms. The molecule has 0 aliphatic carbocycles. The molecule has 0 bridgehead atoms. The van der Waals surface area contributed by atoms with Crippen LogP contribution in [0.4, 0.5) is 5.69 Å². The first-order valence-electron chi connectivity index (χ1n) is 8.74. The molecule has 0 saturated heterocycles. The molecule has 5 nitrogen and oxygen atoms in total. The number of thiazole rings is 1. The van der Waals surface area contributed by atoms with Crippen LogP contribution in [-0.4, -0.2) is 10.9 Å². The highest BCUT2D eigenvalue weighted by Gasteiger charge is 2.08. The Morgan fingerprint density at radius 3 is 2.24 bits per heavy atom. The molecule has 0 aliphatic rings. The molecule has 0 atom stereocenters. The molecule has 0 saturated carbocycles. The number of nitrogens with zero attached hydrogens (tertiary/aromatic N) is 4. The van der Waals surface area contributed by atoms with Crippen LogP contribution in [0, 0.1) is 22.7 Å². The summed E-state index contributed by atoms with van der Waals surface area (Å²) in [4.78, 5) is 18.1. The van der Waals surface area contributed by atoms with Gasteiger partial charge >= 0.3 is 0 Å². The Hall–Kier alpha value is -4.00. The van der Waals surface area contributed by atoms with Gasteiger partial charge in [-0.05, 0) is 24.3 Å². The average molecular weight is 396 g/mol. The largest absolute Gasteiger partial charge is 0.288 e. The number of hydrogen-bond acceptors (Lipinski definition) is 5. The Morgan fingerprint density at radius 2 is 1.66 bits per heavy atom. The summed E-state index contributed by atoms with van der Waals surface area (Å²) < 4.78 is 1.17. The van der Waals surface area contributed by atoms with Crippen molar-refractivity contribution in [3.63, 3.8) is 0 Å². The number of carbonyl (C=O) groups is 1. The van der Waals surface area contributed by atoms with Crippen LogP contribution < -0.4 is 14.1 Å². The highest BCUT2D eigenvalue weighted by molar-refractivity contribution is 7.08. The zero-order chi connectivity index (χ0) is 20.6. The smallest absolute Gasteiger partial charge is 0.227 e. The summed E-state index contributed by atoms with van der Waals surface area (Å²) >= 11 is 1.26. The standard InChI is InChI=1S/C23H16N4OS/c1-17(28)27(20-11-6-3-7-12-20)14-8-13-21-22(18-9-4-2-5-10-18)26-23(29-21)19(15-24)16-25/h2-14H,1H3/b14-8+,21-13+. The molecule has 2 aromatic carbocycles. The fourth-order valence-electron chi connectivity index (χ4n) is 2.65. The molecule has 140 valence electrons. The first kappa shape index (κ1) is 19.8. The molecule has 3 rings (SSSR count). The maximum Gasteiger partial charge on any atom is 0.227 e. The van der Waals surface area contributed by atoms with Gasteiger partial charge in [-0.15, -0.1) is 11.3 Å². The minimum Gasteiger partial charge on any atom is -0.288 e. The predicted octanol–water partition coefficient (Wildman–Crippen LogP) is 3.36. The van der Waals surface area contributed by atoms with Crippen molar-refractivity contribution in [3.8, 4) is 23.4 Å². The van der Waals surface area contributed by atoms with Gasteiger partial charge in [-0.3, -0.25) is 9.69 Å². The number of para-hydroxylation sites is 1. The van der Waals surface area contributed by atoms with E-state index in [1.807, 2.05) is 78.9 Å². The lowest BCUT2D eigenvalue weighted by Crippen LogP contribution is -2.21. The Morgan fingerprint density at radius 1 is 1.03 bits per heavy atom. The van der Waals surface area contributed by atoms with E-state index in [1.165, 1.54) is 18.3 Å². The Labute approximate surface area is 172 Å². The molecule has 29 heavy (non-hydrogen) atoms. The van der Waals surface area contributed by atoms with E-state index in [0.29, 0.717) is 10.4 Å². The zero-order valence-electron chi connectivity index (χ0n) is 15.6. The number of hydrogen-bond donors (Lipinski definition) is 0. The molecule has 1 heterocycles. The molecule has 1 aromatic heterocycles. The predicted molar refractivity (Wildman–Crippen MR) is 115 cm³/mol. The molecule has 0 unspecified atom stereocenters. The van der Waals surface area contributed by atoms with E-state index >= 15 is 0 Å². The van der Waals surface area contributed by atoms with E-state index in [-0.39, 0.29) is 11.5 Å². The molecule has 0 aliphatic heterocycles. The van der Waals surface area contributed by atoms with Crippen molar-refractivity contribution in [1.82, 2.24) is 4.98 Å². The van der Waals surface area contributed by atoms with Gasteiger partial charge in [0.1, 0.15) is 16.8 Å². The number of amides is 1. The zero-order valence-corrected chi connectivity index (χ0v) is 16.4. The summed E-state index contributed by atoms with van der Waals surface area (Å²) in [5, 5.41) is 18.3. The Balaban J connectivity index is 2.10. The summed E-state index contributed by atoms with van der Waals surface area (Å²) in [6, 6.07) is 22.7. The molecular formula is C23H16N4OS. The van der Waals surface area contributed by atoms with Gasteiger partial charge in [0.2, 0.25) is 5.91 Å². The fraction of sp³-hybridized carbons (Fsp3) is 0.0435. The number of allylic oxidation sites excluding steroid dienone is 1. The fourth-order valence-corrected chi connectivity index (χ4v) is 3.60. The van der Waals surface area contributed by atoms with Gasteiger partial charge in [-0.25, -0.2) is 4.98 Å². The van der Waals surface area contributed by atoms with Gasteiger partial charge in [0.05, 0.1) is 10.2 Å². The van der Waals surface area contributed by atoms with Crippen molar-refractivity contribution in [1.29, 1.82) is 10.5 Å². The Bertz CT molecular complexity index is 1230. The molecule has 3 aromatic rings. The number of nitriles is 2. The maximum atomic E-state index is 12.0. The van der Waals surface area contributed by atoms with Gasteiger partial charge in [0.15, 0.2) is 5.57 Å². The van der Waals surface area contributed by atoms with Crippen LogP contribution in [0.25, 0.3) is 22.9 Å². The van der Waals surface area contributed by atoms with Crippen LogP contribution in [0.2, 0.25) is 0 Å². The lowest BCUT2D eigenvalue weighted by molar-refractivity contribution is -0.116. The van der Waals surface area contributed by atoms with Crippen molar-refractivity contribution in [3.05, 3.63) is 82.1 Å². The quantitative estimate of drug-likeness (QED) is 0.677. The third kappa shape index (κ3) is 4.65. The topological polar surface area (TPSA) is 80.8 Å². The summed E-state index contributed by atoms with van der Waals surface area (Å²) in [5.41, 5.74) is 2.32. The number of benzene rings is 2. The summed E-state index contributed by atoms with van der Waals surface area (Å²) in [6.45, 7) is 1.50. The second kappa shape index (κ2) is 9.27. The van der Waals surface area contributed by atoms with E-state index in [4.69, 9.17) is 0 Å². The summed E-state index contributed by atoms with van der Waals surface area (Å²) in [7, 11) is 0. The van der Waals surface area contributed by atoms with E-state index in [9.17, 15) is 15.3 Å². The van der Waals surface area contributed by atoms with E-state index in [1.54, 1.807) is 17.2 Å². The molecule has 6 heteroatoms.